The van der Waals surface area contributed by atoms with Gasteiger partial charge in [0.2, 0.25) is 0 Å². The molecule has 2 saturated heterocycles. The van der Waals surface area contributed by atoms with E-state index in [-0.39, 0.29) is 4.70 Å². The van der Waals surface area contributed by atoms with Crippen LogP contribution in [0.3, 0.4) is 0 Å². The Morgan fingerprint density at radius 2 is 2.15 bits per heavy atom. The van der Waals surface area contributed by atoms with E-state index < -0.39 is 0 Å². The van der Waals surface area contributed by atoms with Crippen molar-refractivity contribution >= 4 is 6.02 Å². The summed E-state index contributed by atoms with van der Waals surface area (Å²) in [5.41, 5.74) is 2.48. The van der Waals surface area contributed by atoms with Crippen LogP contribution in [0.5, 0.6) is 0 Å². The molecule has 3 aliphatic rings. The Morgan fingerprint density at radius 3 is 2.73 bits per heavy atom. The SMILES string of the molecule is CF.CN=C(NC1=C(C)CC(C)C=C1)OC[C@@H]1CCCN1C1COC1.F. The number of amidine groups is 1. The highest BCUT2D eigenvalue weighted by Crippen LogP contribution is 2.24. The molecule has 2 atom stereocenters. The second kappa shape index (κ2) is 11.3. The number of likely N-dealkylation sites (tertiary alicyclic amines) is 1. The molecule has 26 heavy (non-hydrogen) atoms. The van der Waals surface area contributed by atoms with Crippen LogP contribution in [0.1, 0.15) is 33.1 Å². The van der Waals surface area contributed by atoms with Crippen LogP contribution in [0.25, 0.3) is 0 Å². The third-order valence-corrected chi connectivity index (χ3v) is 5.05. The van der Waals surface area contributed by atoms with E-state index in [0.717, 1.165) is 25.3 Å². The highest BCUT2D eigenvalue weighted by molar-refractivity contribution is 5.76. The summed E-state index contributed by atoms with van der Waals surface area (Å²) in [5, 5.41) is 3.35. The average molecular weight is 373 g/mol. The molecule has 0 aromatic heterocycles. The molecule has 1 unspecified atom stereocenters. The molecule has 7 heteroatoms. The second-order valence-electron chi connectivity index (χ2n) is 6.92. The van der Waals surface area contributed by atoms with Gasteiger partial charge in [0.25, 0.3) is 6.02 Å². The van der Waals surface area contributed by atoms with Gasteiger partial charge in [-0.05, 0) is 50.3 Å². The van der Waals surface area contributed by atoms with Gasteiger partial charge in [-0.3, -0.25) is 14.0 Å². The Morgan fingerprint density at radius 1 is 1.42 bits per heavy atom. The van der Waals surface area contributed by atoms with Crippen molar-refractivity contribution in [3.05, 3.63) is 23.4 Å². The van der Waals surface area contributed by atoms with Crippen LogP contribution in [-0.2, 0) is 9.47 Å². The van der Waals surface area contributed by atoms with Crippen molar-refractivity contribution in [2.75, 3.05) is 40.6 Å². The topological polar surface area (TPSA) is 46.1 Å². The van der Waals surface area contributed by atoms with Gasteiger partial charge in [-0.2, -0.15) is 0 Å². The lowest BCUT2D eigenvalue weighted by Gasteiger charge is -2.38. The van der Waals surface area contributed by atoms with Crippen LogP contribution in [0.15, 0.2) is 28.4 Å². The second-order valence-corrected chi connectivity index (χ2v) is 6.92. The summed E-state index contributed by atoms with van der Waals surface area (Å²) in [6.07, 6.45) is 7.92. The maximum absolute atomic E-state index is 9.50. The van der Waals surface area contributed by atoms with Crippen LogP contribution in [0, 0.1) is 5.92 Å². The zero-order chi connectivity index (χ0) is 18.2. The molecular formula is C19H33F2N3O2. The van der Waals surface area contributed by atoms with Crippen molar-refractivity contribution in [3.8, 4) is 0 Å². The minimum absolute atomic E-state index is 0. The number of nitrogens with one attached hydrogen (secondary N) is 1. The third-order valence-electron chi connectivity index (χ3n) is 5.05. The molecule has 150 valence electrons. The van der Waals surface area contributed by atoms with Gasteiger partial charge in [-0.1, -0.05) is 13.0 Å². The first-order valence-electron chi connectivity index (χ1n) is 9.13. The van der Waals surface area contributed by atoms with E-state index in [1.54, 1.807) is 7.05 Å². The molecule has 0 saturated carbocycles. The van der Waals surface area contributed by atoms with Crippen LogP contribution >= 0.6 is 0 Å². The van der Waals surface area contributed by atoms with Gasteiger partial charge in [-0.15, -0.1) is 0 Å². The molecule has 5 nitrogen and oxygen atoms in total. The predicted molar refractivity (Wildman–Crippen MR) is 102 cm³/mol. The maximum atomic E-state index is 9.50. The molecule has 1 N–H and O–H groups in total. The van der Waals surface area contributed by atoms with E-state index in [1.807, 2.05) is 0 Å². The van der Waals surface area contributed by atoms with Gasteiger partial charge in [0.15, 0.2) is 0 Å². The van der Waals surface area contributed by atoms with Crippen molar-refractivity contribution in [2.45, 2.75) is 45.2 Å². The Balaban J connectivity index is 0.00000109. The lowest BCUT2D eigenvalue weighted by Crippen LogP contribution is -2.52. The molecule has 2 heterocycles. The Labute approximate surface area is 155 Å². The minimum Gasteiger partial charge on any atom is -0.463 e. The van der Waals surface area contributed by atoms with Gasteiger partial charge in [0.05, 0.1) is 26.4 Å². The largest absolute Gasteiger partial charge is 0.463 e. The monoisotopic (exact) mass is 373 g/mol. The number of halogens is 2. The van der Waals surface area contributed by atoms with Gasteiger partial charge < -0.3 is 14.8 Å². The van der Waals surface area contributed by atoms with E-state index in [4.69, 9.17) is 9.47 Å². The summed E-state index contributed by atoms with van der Waals surface area (Å²) in [5.74, 6) is 0.611. The van der Waals surface area contributed by atoms with Gasteiger partial charge in [0.1, 0.15) is 6.61 Å². The molecule has 0 amide bonds. The molecule has 0 bridgehead atoms. The number of alkyl halides is 1. The zero-order valence-corrected chi connectivity index (χ0v) is 16.3. The number of hydrogen-bond acceptors (Lipinski definition) is 4. The van der Waals surface area contributed by atoms with E-state index in [0.29, 0.717) is 37.8 Å². The Bertz CT molecular complexity index is 519. The van der Waals surface area contributed by atoms with Gasteiger partial charge in [-0.25, -0.2) is 4.99 Å². The predicted octanol–water partition coefficient (Wildman–Crippen LogP) is 3.05. The van der Waals surface area contributed by atoms with Crippen molar-refractivity contribution < 1.29 is 18.6 Å². The number of allylic oxidation sites excluding steroid dienone is 3. The Hall–Kier alpha value is -1.47. The van der Waals surface area contributed by atoms with Gasteiger partial charge >= 0.3 is 0 Å². The maximum Gasteiger partial charge on any atom is 0.288 e. The fourth-order valence-corrected chi connectivity index (χ4v) is 3.59. The Kier molecular flexibility index (Phi) is 9.80. The normalized spacial score (nSPS) is 26.6. The number of aliphatic imine (C=N–C) groups is 1. The number of rotatable bonds is 4. The number of nitrogens with zero attached hydrogens (tertiary/aromatic N) is 2. The number of hydrogen-bond donors (Lipinski definition) is 1. The van der Waals surface area contributed by atoms with Gasteiger partial charge in [0, 0.05) is 18.8 Å². The first-order valence-corrected chi connectivity index (χ1v) is 9.13. The highest BCUT2D eigenvalue weighted by Gasteiger charge is 2.35. The van der Waals surface area contributed by atoms with Crippen molar-refractivity contribution in [1.82, 2.24) is 10.2 Å². The van der Waals surface area contributed by atoms with Crippen LogP contribution in [0.2, 0.25) is 0 Å². The van der Waals surface area contributed by atoms with Crippen molar-refractivity contribution in [1.29, 1.82) is 0 Å². The molecule has 1 aliphatic carbocycles. The van der Waals surface area contributed by atoms with E-state index in [2.05, 4.69) is 41.2 Å². The van der Waals surface area contributed by atoms with E-state index >= 15 is 0 Å². The molecule has 2 aliphatic heterocycles. The summed E-state index contributed by atoms with van der Waals surface area (Å²) in [7, 11) is 2.28. The summed E-state index contributed by atoms with van der Waals surface area (Å²) in [6, 6.07) is 1.70. The number of ether oxygens (including phenoxy) is 2. The lowest BCUT2D eigenvalue weighted by molar-refractivity contribution is -0.0737. The standard InChI is InChI=1S/C18H29N3O2.CH3F.FH/c1-13-6-7-17(14(2)9-13)20-18(19-3)23-12-15-5-4-8-21(15)16-10-22-11-16;1-2;/h6-7,13,15-16H,4-5,8-12H2,1-3H3,(H,19,20);1H3;1H/t13?,15-;;/m0../s1. The first-order chi connectivity index (χ1) is 12.2. The summed E-state index contributed by atoms with van der Waals surface area (Å²) >= 11 is 0. The van der Waals surface area contributed by atoms with Crippen molar-refractivity contribution in [3.63, 3.8) is 0 Å². The lowest BCUT2D eigenvalue weighted by atomic mass is 9.95. The molecule has 0 spiro atoms. The molecular weight excluding hydrogens is 340 g/mol. The molecule has 0 aromatic rings. The highest BCUT2D eigenvalue weighted by atomic mass is 19.1. The zero-order valence-electron chi connectivity index (χ0n) is 16.3. The third kappa shape index (κ3) is 5.77. The quantitative estimate of drug-likeness (QED) is 0.608. The van der Waals surface area contributed by atoms with E-state index in [1.165, 1.54) is 25.0 Å². The smallest absolute Gasteiger partial charge is 0.288 e. The van der Waals surface area contributed by atoms with Crippen LogP contribution in [-0.4, -0.2) is 63.6 Å². The molecule has 2 fully saturated rings. The molecule has 0 radical (unpaired) electrons. The van der Waals surface area contributed by atoms with E-state index in [9.17, 15) is 4.39 Å². The summed E-state index contributed by atoms with van der Waals surface area (Å²) in [6.45, 7) is 8.02. The molecule has 3 rings (SSSR count). The van der Waals surface area contributed by atoms with Crippen LogP contribution in [0.4, 0.5) is 9.09 Å². The van der Waals surface area contributed by atoms with Crippen molar-refractivity contribution in [2.24, 2.45) is 10.9 Å². The fourth-order valence-electron chi connectivity index (χ4n) is 3.59. The summed E-state index contributed by atoms with van der Waals surface area (Å²) < 4.78 is 20.8. The van der Waals surface area contributed by atoms with Crippen LogP contribution < -0.4 is 5.32 Å². The minimum atomic E-state index is 0. The average Bonchev–Trinajstić information content (AvgIpc) is 3.01. The first kappa shape index (κ1) is 22.6. The summed E-state index contributed by atoms with van der Waals surface area (Å²) in [4.78, 5) is 6.82. The molecule has 0 aromatic carbocycles. The fraction of sp³-hybridized carbons (Fsp3) is 0.737.